The fraction of sp³-hybridized carbons (Fsp3) is 0.440. The van der Waals surface area contributed by atoms with Gasteiger partial charge in [-0.1, -0.05) is 62.2 Å². The smallest absolute Gasteiger partial charge is 0.244 e. The third-order valence-corrected chi connectivity index (χ3v) is 7.46. The van der Waals surface area contributed by atoms with E-state index in [-0.39, 0.29) is 12.5 Å². The van der Waals surface area contributed by atoms with E-state index in [1.807, 2.05) is 32.9 Å². The Hall–Kier alpha value is -2.29. The van der Waals surface area contributed by atoms with Gasteiger partial charge in [-0.2, -0.15) is 0 Å². The van der Waals surface area contributed by atoms with Gasteiger partial charge in [-0.15, -0.1) is 0 Å². The maximum Gasteiger partial charge on any atom is 0.244 e. The van der Waals surface area contributed by atoms with Crippen LogP contribution in [-0.2, 0) is 32.6 Å². The van der Waals surface area contributed by atoms with Crippen molar-refractivity contribution in [3.8, 4) is 0 Å². The maximum absolute atomic E-state index is 13.6. The Labute approximate surface area is 218 Å². The number of benzene rings is 2. The number of hydrogen-bond acceptors (Lipinski definition) is 4. The molecule has 0 aliphatic rings. The van der Waals surface area contributed by atoms with Gasteiger partial charge in [0, 0.05) is 13.1 Å². The minimum atomic E-state index is -3.77. The van der Waals surface area contributed by atoms with Crippen LogP contribution in [0, 0.1) is 0 Å². The van der Waals surface area contributed by atoms with Crippen LogP contribution in [0.15, 0.2) is 42.5 Å². The molecule has 0 bridgehead atoms. The van der Waals surface area contributed by atoms with Crippen LogP contribution in [0.1, 0.15) is 44.7 Å². The Balaban J connectivity index is 2.43. The maximum atomic E-state index is 13.6. The molecular formula is C25H33Cl2N3O4S. The average Bonchev–Trinajstić information content (AvgIpc) is 2.82. The van der Waals surface area contributed by atoms with Gasteiger partial charge in [-0.3, -0.25) is 13.9 Å². The molecule has 1 atom stereocenters. The van der Waals surface area contributed by atoms with Gasteiger partial charge in [-0.05, 0) is 54.7 Å². The van der Waals surface area contributed by atoms with Gasteiger partial charge in [0.1, 0.15) is 12.6 Å². The highest BCUT2D eigenvalue weighted by atomic mass is 35.5. The van der Waals surface area contributed by atoms with Crippen LogP contribution < -0.4 is 9.62 Å². The zero-order valence-electron chi connectivity index (χ0n) is 20.6. The monoisotopic (exact) mass is 541 g/mol. The van der Waals surface area contributed by atoms with Crippen molar-refractivity contribution < 1.29 is 18.0 Å². The molecule has 192 valence electrons. The summed E-state index contributed by atoms with van der Waals surface area (Å²) in [5.41, 5.74) is 2.11. The quantitative estimate of drug-likeness (QED) is 0.423. The van der Waals surface area contributed by atoms with Crippen molar-refractivity contribution in [2.75, 3.05) is 23.7 Å². The predicted molar refractivity (Wildman–Crippen MR) is 142 cm³/mol. The zero-order chi connectivity index (χ0) is 26.2. The molecule has 0 unspecified atom stereocenters. The van der Waals surface area contributed by atoms with Gasteiger partial charge >= 0.3 is 0 Å². The average molecular weight is 543 g/mol. The van der Waals surface area contributed by atoms with Crippen molar-refractivity contribution in [1.82, 2.24) is 10.2 Å². The number of carbonyl (C=O) groups excluding carboxylic acids is 2. The molecule has 2 amide bonds. The Morgan fingerprint density at radius 2 is 1.60 bits per heavy atom. The number of nitrogens with zero attached hydrogens (tertiary/aromatic N) is 2. The van der Waals surface area contributed by atoms with Crippen LogP contribution in [0.25, 0.3) is 0 Å². The van der Waals surface area contributed by atoms with Crippen LogP contribution in [0.3, 0.4) is 0 Å². The molecule has 1 N–H and O–H groups in total. The highest BCUT2D eigenvalue weighted by Gasteiger charge is 2.31. The summed E-state index contributed by atoms with van der Waals surface area (Å²) in [6.07, 6.45) is 2.97. The highest BCUT2D eigenvalue weighted by Crippen LogP contribution is 2.25. The Morgan fingerprint density at radius 1 is 0.971 bits per heavy atom. The van der Waals surface area contributed by atoms with Crippen LogP contribution in [0.5, 0.6) is 0 Å². The lowest BCUT2D eigenvalue weighted by atomic mass is 10.1. The van der Waals surface area contributed by atoms with Gasteiger partial charge in [-0.25, -0.2) is 8.42 Å². The van der Waals surface area contributed by atoms with E-state index in [2.05, 4.69) is 5.32 Å². The number of aryl methyl sites for hydroxylation is 1. The molecule has 7 nitrogen and oxygen atoms in total. The third-order valence-electron chi connectivity index (χ3n) is 5.58. The second-order valence-electron chi connectivity index (χ2n) is 8.27. The molecule has 35 heavy (non-hydrogen) atoms. The van der Waals surface area contributed by atoms with Crippen LogP contribution in [0.2, 0.25) is 10.0 Å². The van der Waals surface area contributed by atoms with E-state index in [1.54, 1.807) is 30.3 Å². The standard InChI is InChI=1S/C25H33Cl2N3O4S/c1-5-14-28-25(32)23(7-3)29(16-19-10-13-21(26)22(27)15-19)24(31)17-30(35(4,33)34)20-11-8-18(6-2)9-12-20/h8-13,15,23H,5-7,14,16-17H2,1-4H3,(H,28,32)/t23-/m0/s1. The molecular weight excluding hydrogens is 509 g/mol. The lowest BCUT2D eigenvalue weighted by molar-refractivity contribution is -0.140. The number of carbonyl (C=O) groups is 2. The summed E-state index contributed by atoms with van der Waals surface area (Å²) in [4.78, 5) is 27.9. The van der Waals surface area contributed by atoms with Gasteiger partial charge in [0.25, 0.3) is 0 Å². The summed E-state index contributed by atoms with van der Waals surface area (Å²) in [7, 11) is -3.77. The molecule has 10 heteroatoms. The normalized spacial score (nSPS) is 12.2. The fourth-order valence-electron chi connectivity index (χ4n) is 3.63. The van der Waals surface area contributed by atoms with E-state index in [4.69, 9.17) is 23.2 Å². The number of rotatable bonds is 12. The van der Waals surface area contributed by atoms with Crippen molar-refractivity contribution >= 4 is 50.7 Å². The molecule has 2 aromatic carbocycles. The van der Waals surface area contributed by atoms with Crippen molar-refractivity contribution in [2.45, 2.75) is 52.6 Å². The molecule has 2 rings (SSSR count). The number of anilines is 1. The van der Waals surface area contributed by atoms with E-state index >= 15 is 0 Å². The Bertz CT molecular complexity index is 1120. The number of nitrogens with one attached hydrogen (secondary N) is 1. The second-order valence-corrected chi connectivity index (χ2v) is 11.0. The van der Waals surface area contributed by atoms with E-state index in [0.29, 0.717) is 34.3 Å². The number of sulfonamides is 1. The molecule has 0 aliphatic carbocycles. The third kappa shape index (κ3) is 8.12. The predicted octanol–water partition coefficient (Wildman–Crippen LogP) is 4.66. The summed E-state index contributed by atoms with van der Waals surface area (Å²) < 4.78 is 26.3. The largest absolute Gasteiger partial charge is 0.354 e. The topological polar surface area (TPSA) is 86.8 Å². The summed E-state index contributed by atoms with van der Waals surface area (Å²) in [5.74, 6) is -0.791. The molecule has 0 aromatic heterocycles. The summed E-state index contributed by atoms with van der Waals surface area (Å²) in [6, 6.07) is 11.2. The Kier molecular flexibility index (Phi) is 10.9. The minimum Gasteiger partial charge on any atom is -0.354 e. The van der Waals surface area contributed by atoms with Crippen LogP contribution >= 0.6 is 23.2 Å². The first-order chi connectivity index (χ1) is 16.5. The SMILES string of the molecule is CCCNC(=O)[C@H](CC)N(Cc1ccc(Cl)c(Cl)c1)C(=O)CN(c1ccc(CC)cc1)S(C)(=O)=O. The molecule has 0 fully saturated rings. The van der Waals surface area contributed by atoms with Crippen molar-refractivity contribution in [2.24, 2.45) is 0 Å². The van der Waals surface area contributed by atoms with Gasteiger partial charge in [0.15, 0.2) is 0 Å². The van der Waals surface area contributed by atoms with Crippen LogP contribution in [-0.4, -0.2) is 50.5 Å². The molecule has 0 saturated heterocycles. The number of halogens is 2. The van der Waals surface area contributed by atoms with E-state index in [0.717, 1.165) is 29.0 Å². The first-order valence-electron chi connectivity index (χ1n) is 11.6. The molecule has 0 radical (unpaired) electrons. The zero-order valence-corrected chi connectivity index (χ0v) is 22.9. The van der Waals surface area contributed by atoms with Gasteiger partial charge in [0.05, 0.1) is 22.0 Å². The lowest BCUT2D eigenvalue weighted by Gasteiger charge is -2.33. The van der Waals surface area contributed by atoms with Gasteiger partial charge in [0.2, 0.25) is 21.8 Å². The number of amides is 2. The van der Waals surface area contributed by atoms with Crippen molar-refractivity contribution in [1.29, 1.82) is 0 Å². The van der Waals surface area contributed by atoms with E-state index < -0.39 is 28.5 Å². The van der Waals surface area contributed by atoms with E-state index in [1.165, 1.54) is 4.90 Å². The van der Waals surface area contributed by atoms with Crippen molar-refractivity contribution in [3.05, 3.63) is 63.6 Å². The second kappa shape index (κ2) is 13.1. The summed E-state index contributed by atoms with van der Waals surface area (Å²) >= 11 is 12.2. The fourth-order valence-corrected chi connectivity index (χ4v) is 4.80. The number of hydrogen-bond donors (Lipinski definition) is 1. The van der Waals surface area contributed by atoms with Crippen LogP contribution in [0.4, 0.5) is 5.69 Å². The molecule has 0 saturated carbocycles. The minimum absolute atomic E-state index is 0.0696. The van der Waals surface area contributed by atoms with E-state index in [9.17, 15) is 18.0 Å². The van der Waals surface area contributed by atoms with Crippen molar-refractivity contribution in [3.63, 3.8) is 0 Å². The molecule has 2 aromatic rings. The Morgan fingerprint density at radius 3 is 2.11 bits per heavy atom. The molecule has 0 aliphatic heterocycles. The lowest BCUT2D eigenvalue weighted by Crippen LogP contribution is -2.52. The molecule has 0 heterocycles. The summed E-state index contributed by atoms with van der Waals surface area (Å²) in [5, 5.41) is 3.54. The first-order valence-corrected chi connectivity index (χ1v) is 14.2. The summed E-state index contributed by atoms with van der Waals surface area (Å²) in [6.45, 7) is 5.85. The van der Waals surface area contributed by atoms with Gasteiger partial charge < -0.3 is 10.2 Å². The first kappa shape index (κ1) is 28.9. The molecule has 0 spiro atoms. The highest BCUT2D eigenvalue weighted by molar-refractivity contribution is 7.92.